The summed E-state index contributed by atoms with van der Waals surface area (Å²) in [7, 11) is 0. The summed E-state index contributed by atoms with van der Waals surface area (Å²) in [5.74, 6) is 0. The third-order valence-electron chi connectivity index (χ3n) is 7.11. The Morgan fingerprint density at radius 2 is 1.16 bits per heavy atom. The molecule has 1 aromatic heterocycles. The molecule has 37 heavy (non-hydrogen) atoms. The zero-order valence-electron chi connectivity index (χ0n) is 20.6. The van der Waals surface area contributed by atoms with Gasteiger partial charge in [0.1, 0.15) is 0 Å². The lowest BCUT2D eigenvalue weighted by Crippen LogP contribution is -2.10. The lowest BCUT2D eigenvalue weighted by molar-refractivity contribution is 1.28. The monoisotopic (exact) mass is 491 g/mol. The van der Waals surface area contributed by atoms with Crippen LogP contribution in [0.4, 0.5) is 17.1 Å². The first-order chi connectivity index (χ1) is 18.3. The van der Waals surface area contributed by atoms with Crippen molar-refractivity contribution in [1.29, 1.82) is 0 Å². The van der Waals surface area contributed by atoms with Crippen LogP contribution in [0.1, 0.15) is 5.56 Å². The highest BCUT2D eigenvalue weighted by atomic mass is 32.1. The van der Waals surface area contributed by atoms with Crippen molar-refractivity contribution < 1.29 is 0 Å². The van der Waals surface area contributed by atoms with Crippen molar-refractivity contribution in [2.45, 2.75) is 6.92 Å². The third kappa shape index (κ3) is 3.69. The molecule has 0 aliphatic rings. The van der Waals surface area contributed by atoms with Gasteiger partial charge in [-0.05, 0) is 59.8 Å². The van der Waals surface area contributed by atoms with E-state index in [4.69, 9.17) is 0 Å². The van der Waals surface area contributed by atoms with Gasteiger partial charge in [-0.2, -0.15) is 0 Å². The molecule has 1 nitrogen and oxygen atoms in total. The first-order valence-electron chi connectivity index (χ1n) is 12.6. The molecule has 0 amide bonds. The van der Waals surface area contributed by atoms with Crippen molar-refractivity contribution in [3.05, 3.63) is 139 Å². The quantitative estimate of drug-likeness (QED) is 0.237. The van der Waals surface area contributed by atoms with Gasteiger partial charge in [0, 0.05) is 42.5 Å². The van der Waals surface area contributed by atoms with Gasteiger partial charge in [-0.3, -0.25) is 0 Å². The maximum Gasteiger partial charge on any atom is 0.0540 e. The lowest BCUT2D eigenvalue weighted by Gasteiger charge is -2.27. The van der Waals surface area contributed by atoms with Crippen molar-refractivity contribution in [1.82, 2.24) is 0 Å². The molecule has 0 saturated carbocycles. The molecule has 176 valence electrons. The SMILES string of the molecule is Cc1cccc(N(c2ccccc2)c2ccc(-c3cccc4c3sc3ccccc34)c3ccccc23)c1. The summed E-state index contributed by atoms with van der Waals surface area (Å²) in [4.78, 5) is 2.37. The van der Waals surface area contributed by atoms with Gasteiger partial charge in [0.05, 0.1) is 5.69 Å². The van der Waals surface area contributed by atoms with Crippen molar-refractivity contribution in [2.75, 3.05) is 4.90 Å². The van der Waals surface area contributed by atoms with Crippen molar-refractivity contribution in [3.8, 4) is 11.1 Å². The predicted octanol–water partition coefficient (Wildman–Crippen LogP) is 10.7. The largest absolute Gasteiger partial charge is 0.310 e. The molecule has 0 radical (unpaired) electrons. The van der Waals surface area contributed by atoms with E-state index in [1.54, 1.807) is 0 Å². The van der Waals surface area contributed by atoms with E-state index >= 15 is 0 Å². The molecule has 0 spiro atoms. The smallest absolute Gasteiger partial charge is 0.0540 e. The molecule has 0 unspecified atom stereocenters. The molecular weight excluding hydrogens is 466 g/mol. The van der Waals surface area contributed by atoms with E-state index in [-0.39, 0.29) is 0 Å². The number of rotatable bonds is 4. The van der Waals surface area contributed by atoms with Gasteiger partial charge in [-0.1, -0.05) is 97.1 Å². The Labute approximate surface area is 220 Å². The van der Waals surface area contributed by atoms with Crippen LogP contribution < -0.4 is 4.90 Å². The van der Waals surface area contributed by atoms with E-state index < -0.39 is 0 Å². The van der Waals surface area contributed by atoms with E-state index in [1.807, 2.05) is 11.3 Å². The second-order valence-corrected chi connectivity index (χ2v) is 10.5. The Morgan fingerprint density at radius 1 is 0.486 bits per heavy atom. The number of aryl methyl sites for hydroxylation is 1. The van der Waals surface area contributed by atoms with Gasteiger partial charge in [-0.15, -0.1) is 11.3 Å². The van der Waals surface area contributed by atoms with Crippen LogP contribution in [0, 0.1) is 6.92 Å². The molecule has 0 N–H and O–H groups in total. The maximum atomic E-state index is 2.37. The number of hydrogen-bond donors (Lipinski definition) is 0. The van der Waals surface area contributed by atoms with E-state index in [0.29, 0.717) is 0 Å². The normalized spacial score (nSPS) is 11.4. The van der Waals surface area contributed by atoms with Gasteiger partial charge < -0.3 is 4.90 Å². The molecule has 0 aliphatic heterocycles. The minimum atomic E-state index is 1.15. The predicted molar refractivity (Wildman–Crippen MR) is 162 cm³/mol. The second-order valence-electron chi connectivity index (χ2n) is 9.47. The Balaban J connectivity index is 1.49. The first kappa shape index (κ1) is 21.8. The fourth-order valence-corrected chi connectivity index (χ4v) is 6.67. The van der Waals surface area contributed by atoms with E-state index in [9.17, 15) is 0 Å². The summed E-state index contributed by atoms with van der Waals surface area (Å²) in [6.07, 6.45) is 0. The van der Waals surface area contributed by atoms with Crippen molar-refractivity contribution in [3.63, 3.8) is 0 Å². The average Bonchev–Trinajstić information content (AvgIpc) is 3.33. The molecule has 7 aromatic rings. The lowest BCUT2D eigenvalue weighted by atomic mass is 9.95. The number of anilines is 3. The van der Waals surface area contributed by atoms with Crippen molar-refractivity contribution in [2.24, 2.45) is 0 Å². The average molecular weight is 492 g/mol. The molecule has 0 fully saturated rings. The van der Waals surface area contributed by atoms with Crippen LogP contribution in [0.2, 0.25) is 0 Å². The van der Waals surface area contributed by atoms with E-state index in [0.717, 1.165) is 11.4 Å². The van der Waals surface area contributed by atoms with Crippen LogP contribution in [0.15, 0.2) is 133 Å². The van der Waals surface area contributed by atoms with E-state index in [1.165, 1.54) is 53.3 Å². The number of thiophene rings is 1. The molecule has 0 atom stereocenters. The van der Waals surface area contributed by atoms with Crippen LogP contribution in [-0.2, 0) is 0 Å². The molecule has 0 saturated heterocycles. The number of hydrogen-bond acceptors (Lipinski definition) is 2. The molecule has 2 heteroatoms. The minimum absolute atomic E-state index is 1.15. The summed E-state index contributed by atoms with van der Waals surface area (Å²) in [5, 5.41) is 5.17. The fourth-order valence-electron chi connectivity index (χ4n) is 5.44. The first-order valence-corrected chi connectivity index (χ1v) is 13.4. The van der Waals surface area contributed by atoms with Gasteiger partial charge in [-0.25, -0.2) is 0 Å². The molecular formula is C35H25NS. The highest BCUT2D eigenvalue weighted by molar-refractivity contribution is 7.26. The van der Waals surface area contributed by atoms with Crippen molar-refractivity contribution >= 4 is 59.3 Å². The Kier molecular flexibility index (Phi) is 5.27. The number of nitrogens with zero attached hydrogens (tertiary/aromatic N) is 1. The summed E-state index contributed by atoms with van der Waals surface area (Å²) >= 11 is 1.89. The highest BCUT2D eigenvalue weighted by Gasteiger charge is 2.18. The molecule has 0 bridgehead atoms. The van der Waals surface area contributed by atoms with Crippen LogP contribution >= 0.6 is 11.3 Å². The minimum Gasteiger partial charge on any atom is -0.310 e. The number of fused-ring (bicyclic) bond motifs is 4. The zero-order valence-corrected chi connectivity index (χ0v) is 21.4. The molecule has 6 aromatic carbocycles. The van der Waals surface area contributed by atoms with Crippen LogP contribution in [0.3, 0.4) is 0 Å². The van der Waals surface area contributed by atoms with Gasteiger partial charge >= 0.3 is 0 Å². The zero-order chi connectivity index (χ0) is 24.8. The summed E-state index contributed by atoms with van der Waals surface area (Å²) in [6.45, 7) is 2.15. The number of benzene rings is 6. The van der Waals surface area contributed by atoms with Crippen LogP contribution in [-0.4, -0.2) is 0 Å². The maximum absolute atomic E-state index is 2.37. The summed E-state index contributed by atoms with van der Waals surface area (Å²) in [6, 6.07) is 48.3. The Bertz CT molecular complexity index is 1900. The number of para-hydroxylation sites is 1. The Morgan fingerprint density at radius 3 is 2.00 bits per heavy atom. The van der Waals surface area contributed by atoms with Crippen LogP contribution in [0.25, 0.3) is 42.1 Å². The van der Waals surface area contributed by atoms with Gasteiger partial charge in [0.2, 0.25) is 0 Å². The van der Waals surface area contributed by atoms with Gasteiger partial charge in [0.25, 0.3) is 0 Å². The molecule has 0 aliphatic carbocycles. The highest BCUT2D eigenvalue weighted by Crippen LogP contribution is 2.45. The fraction of sp³-hybridized carbons (Fsp3) is 0.0286. The molecule has 1 heterocycles. The molecule has 7 rings (SSSR count). The topological polar surface area (TPSA) is 3.24 Å². The standard InChI is InChI=1S/C35H25NS/c1-24-11-9-14-26(23-24)36(25-12-3-2-4-13-25)33-22-21-28(27-15-5-6-16-29(27)33)31-18-10-19-32-30-17-7-8-20-34(30)37-35(31)32/h2-23H,1H3. The van der Waals surface area contributed by atoms with Crippen LogP contribution in [0.5, 0.6) is 0 Å². The Hall–Kier alpha value is -4.40. The summed E-state index contributed by atoms with van der Waals surface area (Å²) < 4.78 is 2.68. The second kappa shape index (κ2) is 8.92. The third-order valence-corrected chi connectivity index (χ3v) is 8.33. The van der Waals surface area contributed by atoms with Gasteiger partial charge in [0.15, 0.2) is 0 Å². The van der Waals surface area contributed by atoms with E-state index in [2.05, 4.69) is 145 Å². The summed E-state index contributed by atoms with van der Waals surface area (Å²) in [5.41, 5.74) is 7.31.